The molecule has 4 rings (SSSR count). The van der Waals surface area contributed by atoms with Crippen molar-refractivity contribution in [1.82, 2.24) is 14.8 Å². The summed E-state index contributed by atoms with van der Waals surface area (Å²) >= 11 is 0. The summed E-state index contributed by atoms with van der Waals surface area (Å²) in [7, 11) is 1.94. The molecule has 0 unspecified atom stereocenters. The van der Waals surface area contributed by atoms with E-state index in [2.05, 4.69) is 9.88 Å². The van der Waals surface area contributed by atoms with E-state index < -0.39 is 0 Å². The average Bonchev–Trinajstić information content (AvgIpc) is 3.11. The summed E-state index contributed by atoms with van der Waals surface area (Å²) in [5.74, 6) is -0.313. The minimum absolute atomic E-state index is 0.0132. The topological polar surface area (TPSA) is 56.8 Å². The number of carbonyl (C=O) groups excluding carboxylic acids is 2. The predicted octanol–water partition coefficient (Wildman–Crippen LogP) is 1.71. The third-order valence-electron chi connectivity index (χ3n) is 5.82. The van der Waals surface area contributed by atoms with Gasteiger partial charge in [-0.3, -0.25) is 19.5 Å². The van der Waals surface area contributed by atoms with Crippen LogP contribution >= 0.6 is 0 Å². The summed E-state index contributed by atoms with van der Waals surface area (Å²) in [6, 6.07) is 9.86. The molecule has 0 radical (unpaired) electrons. The minimum Gasteiger partial charge on any atom is -0.340 e. The molecule has 1 atom stereocenters. The molecule has 1 aromatic heterocycles. The second-order valence-corrected chi connectivity index (χ2v) is 7.64. The maximum Gasteiger partial charge on any atom is 0.241 e. The molecule has 2 aliphatic rings. The van der Waals surface area contributed by atoms with Gasteiger partial charge in [-0.2, -0.15) is 0 Å². The molecule has 3 heterocycles. The van der Waals surface area contributed by atoms with Crippen LogP contribution in [-0.4, -0.2) is 65.4 Å². The van der Waals surface area contributed by atoms with E-state index in [4.69, 9.17) is 0 Å². The molecule has 1 spiro atoms. The van der Waals surface area contributed by atoms with Crippen LogP contribution in [0.5, 0.6) is 0 Å². The van der Waals surface area contributed by atoms with Gasteiger partial charge in [0, 0.05) is 25.8 Å². The summed E-state index contributed by atoms with van der Waals surface area (Å²) in [5, 5.41) is 0. The van der Waals surface area contributed by atoms with E-state index in [9.17, 15) is 14.0 Å². The summed E-state index contributed by atoms with van der Waals surface area (Å²) < 4.78 is 13.4. The smallest absolute Gasteiger partial charge is 0.241 e. The van der Waals surface area contributed by atoms with Gasteiger partial charge in [-0.05, 0) is 43.3 Å². The first-order valence-corrected chi connectivity index (χ1v) is 9.41. The van der Waals surface area contributed by atoms with Gasteiger partial charge >= 0.3 is 0 Å². The Kier molecular flexibility index (Phi) is 4.85. The second kappa shape index (κ2) is 7.31. The number of aromatic nitrogens is 1. The normalized spacial score (nSPS) is 22.9. The van der Waals surface area contributed by atoms with E-state index in [-0.39, 0.29) is 29.6 Å². The number of amides is 2. The molecule has 2 fully saturated rings. The molecule has 1 aromatic carbocycles. The zero-order valence-electron chi connectivity index (χ0n) is 15.8. The fraction of sp³-hybridized carbons (Fsp3) is 0.381. The van der Waals surface area contributed by atoms with Gasteiger partial charge in [0.05, 0.1) is 30.4 Å². The van der Waals surface area contributed by atoms with Crippen LogP contribution < -0.4 is 4.90 Å². The molecule has 0 N–H and O–H groups in total. The highest BCUT2D eigenvalue weighted by Crippen LogP contribution is 2.33. The summed E-state index contributed by atoms with van der Waals surface area (Å²) in [6.07, 6.45) is 4.35. The highest BCUT2D eigenvalue weighted by atomic mass is 19.1. The molecule has 0 aliphatic carbocycles. The Morgan fingerprint density at radius 3 is 2.86 bits per heavy atom. The lowest BCUT2D eigenvalue weighted by atomic mass is 9.92. The van der Waals surface area contributed by atoms with Crippen LogP contribution in [0.15, 0.2) is 48.8 Å². The highest BCUT2D eigenvalue weighted by Gasteiger charge is 2.48. The van der Waals surface area contributed by atoms with Gasteiger partial charge in [-0.25, -0.2) is 4.39 Å². The van der Waals surface area contributed by atoms with Gasteiger partial charge in [0.15, 0.2) is 0 Å². The lowest BCUT2D eigenvalue weighted by Gasteiger charge is -2.46. The first kappa shape index (κ1) is 18.6. The molecule has 0 bridgehead atoms. The van der Waals surface area contributed by atoms with Gasteiger partial charge in [-0.1, -0.05) is 12.1 Å². The van der Waals surface area contributed by atoms with Crippen LogP contribution in [0.4, 0.5) is 10.1 Å². The number of anilines is 1. The zero-order chi connectivity index (χ0) is 19.7. The SMILES string of the molecule is CN1CC(=O)N(c2cccnc2)C[C@@]12CCN(C(=O)Cc1cccc(F)c1)C2. The monoisotopic (exact) mass is 382 g/mol. The molecule has 0 saturated carbocycles. The van der Waals surface area contributed by atoms with Crippen molar-refractivity contribution in [2.45, 2.75) is 18.4 Å². The number of likely N-dealkylation sites (N-methyl/N-ethyl adjacent to an activating group) is 1. The van der Waals surface area contributed by atoms with Gasteiger partial charge in [0.2, 0.25) is 11.8 Å². The maximum absolute atomic E-state index is 13.4. The van der Waals surface area contributed by atoms with E-state index in [1.807, 2.05) is 24.1 Å². The first-order chi connectivity index (χ1) is 13.5. The summed E-state index contributed by atoms with van der Waals surface area (Å²) in [4.78, 5) is 35.1. The molecule has 28 heavy (non-hydrogen) atoms. The Hall–Kier alpha value is -2.80. The van der Waals surface area contributed by atoms with Crippen LogP contribution in [-0.2, 0) is 16.0 Å². The second-order valence-electron chi connectivity index (χ2n) is 7.64. The van der Waals surface area contributed by atoms with Crippen LogP contribution in [0, 0.1) is 5.82 Å². The molecular formula is C21H23FN4O2. The van der Waals surface area contributed by atoms with E-state index in [1.54, 1.807) is 29.4 Å². The summed E-state index contributed by atoms with van der Waals surface area (Å²) in [6.45, 7) is 2.02. The van der Waals surface area contributed by atoms with Gasteiger partial charge in [0.25, 0.3) is 0 Å². The number of benzene rings is 1. The lowest BCUT2D eigenvalue weighted by Crippen LogP contribution is -2.64. The fourth-order valence-corrected chi connectivity index (χ4v) is 4.15. The van der Waals surface area contributed by atoms with Crippen molar-refractivity contribution in [3.05, 3.63) is 60.2 Å². The van der Waals surface area contributed by atoms with Gasteiger partial charge in [0.1, 0.15) is 5.82 Å². The number of halogens is 1. The Labute approximate surface area is 163 Å². The largest absolute Gasteiger partial charge is 0.340 e. The van der Waals surface area contributed by atoms with Gasteiger partial charge < -0.3 is 9.80 Å². The van der Waals surface area contributed by atoms with Crippen molar-refractivity contribution < 1.29 is 14.0 Å². The van der Waals surface area contributed by atoms with E-state index in [0.29, 0.717) is 31.7 Å². The van der Waals surface area contributed by atoms with E-state index in [0.717, 1.165) is 12.1 Å². The number of carbonyl (C=O) groups is 2. The quantitative estimate of drug-likeness (QED) is 0.811. The van der Waals surface area contributed by atoms with E-state index >= 15 is 0 Å². The number of hydrogen-bond donors (Lipinski definition) is 0. The van der Waals surface area contributed by atoms with Crippen molar-refractivity contribution in [3.63, 3.8) is 0 Å². The van der Waals surface area contributed by atoms with Crippen LogP contribution in [0.2, 0.25) is 0 Å². The molecule has 2 saturated heterocycles. The fourth-order valence-electron chi connectivity index (χ4n) is 4.15. The van der Waals surface area contributed by atoms with Gasteiger partial charge in [-0.15, -0.1) is 0 Å². The Bertz CT molecular complexity index is 891. The molecule has 6 nitrogen and oxygen atoms in total. The number of piperazine rings is 1. The molecular weight excluding hydrogens is 359 g/mol. The Balaban J connectivity index is 1.49. The third-order valence-corrected chi connectivity index (χ3v) is 5.82. The summed E-state index contributed by atoms with van der Waals surface area (Å²) in [5.41, 5.74) is 1.18. The predicted molar refractivity (Wildman–Crippen MR) is 103 cm³/mol. The van der Waals surface area contributed by atoms with Crippen molar-refractivity contribution >= 4 is 17.5 Å². The minimum atomic E-state index is -0.333. The maximum atomic E-state index is 13.4. The van der Waals surface area contributed by atoms with Crippen LogP contribution in [0.1, 0.15) is 12.0 Å². The lowest BCUT2D eigenvalue weighted by molar-refractivity contribution is -0.130. The zero-order valence-corrected chi connectivity index (χ0v) is 15.8. The number of nitrogens with zero attached hydrogens (tertiary/aromatic N) is 4. The number of hydrogen-bond acceptors (Lipinski definition) is 4. The van der Waals surface area contributed by atoms with Crippen LogP contribution in [0.3, 0.4) is 0 Å². The molecule has 7 heteroatoms. The Morgan fingerprint density at radius 2 is 2.11 bits per heavy atom. The highest BCUT2D eigenvalue weighted by molar-refractivity contribution is 5.96. The van der Waals surface area contributed by atoms with Crippen molar-refractivity contribution in [2.75, 3.05) is 38.1 Å². The number of pyridine rings is 1. The number of rotatable bonds is 3. The first-order valence-electron chi connectivity index (χ1n) is 9.41. The third kappa shape index (κ3) is 3.49. The average molecular weight is 382 g/mol. The molecule has 146 valence electrons. The van der Waals surface area contributed by atoms with Crippen LogP contribution in [0.25, 0.3) is 0 Å². The van der Waals surface area contributed by atoms with Crippen molar-refractivity contribution in [3.8, 4) is 0 Å². The van der Waals surface area contributed by atoms with Crippen molar-refractivity contribution in [2.24, 2.45) is 0 Å². The number of likely N-dealkylation sites (tertiary alicyclic amines) is 1. The molecule has 2 amide bonds. The van der Waals surface area contributed by atoms with E-state index in [1.165, 1.54) is 12.1 Å². The van der Waals surface area contributed by atoms with Crippen molar-refractivity contribution in [1.29, 1.82) is 0 Å². The Morgan fingerprint density at radius 1 is 1.25 bits per heavy atom. The molecule has 2 aromatic rings. The standard InChI is InChI=1S/C21H23FN4O2/c1-24-13-20(28)26(18-6-3-8-23-12-18)15-21(24)7-9-25(14-21)19(27)11-16-4-2-5-17(22)10-16/h2-6,8,10,12H,7,9,11,13-15H2,1H3/t21-/m0/s1. The molecule has 2 aliphatic heterocycles.